The quantitative estimate of drug-likeness (QED) is 0.328. The number of carbonyl (C=O) groups excluding carboxylic acids is 4. The summed E-state index contributed by atoms with van der Waals surface area (Å²) in [5.74, 6) is -2.92. The summed E-state index contributed by atoms with van der Waals surface area (Å²) in [6, 6.07) is -4.39. The van der Waals surface area contributed by atoms with Crippen molar-refractivity contribution in [3.05, 3.63) is 0 Å². The van der Waals surface area contributed by atoms with E-state index in [4.69, 9.17) is 10.8 Å². The van der Waals surface area contributed by atoms with E-state index in [0.29, 0.717) is 58.2 Å². The number of aliphatic hydroxyl groups excluding tert-OH is 1. The van der Waals surface area contributed by atoms with Crippen molar-refractivity contribution in [1.82, 2.24) is 20.0 Å². The van der Waals surface area contributed by atoms with Gasteiger partial charge in [0.15, 0.2) is 0 Å². The van der Waals surface area contributed by atoms with Crippen molar-refractivity contribution in [1.29, 1.82) is 0 Å². The molecular weight excluding hydrogens is 434 g/mol. The SMILES string of the molecule is C[C@H](N)C(=O)N1CCC[C@H]1C(=O)N1CCC[C@H]1C(=O)N1CCC[C@H]1C(=O)N[C@@H](CO)C(=O)O. The highest BCUT2D eigenvalue weighted by Crippen LogP contribution is 2.28. The lowest BCUT2D eigenvalue weighted by Gasteiger charge is -2.34. The highest BCUT2D eigenvalue weighted by atomic mass is 16.4. The van der Waals surface area contributed by atoms with Gasteiger partial charge in [0, 0.05) is 19.6 Å². The third-order valence-electron chi connectivity index (χ3n) is 6.67. The summed E-state index contributed by atoms with van der Waals surface area (Å²) in [4.78, 5) is 67.3. The Bertz CT molecular complexity index is 804. The van der Waals surface area contributed by atoms with Crippen LogP contribution in [0.1, 0.15) is 45.4 Å². The average Bonchev–Trinajstić information content (AvgIpc) is 3.54. The van der Waals surface area contributed by atoms with Crippen molar-refractivity contribution in [2.75, 3.05) is 26.2 Å². The molecule has 0 aromatic carbocycles. The van der Waals surface area contributed by atoms with Gasteiger partial charge < -0.3 is 36.0 Å². The third kappa shape index (κ3) is 5.11. The van der Waals surface area contributed by atoms with Crippen LogP contribution in [-0.4, -0.2) is 111 Å². The van der Waals surface area contributed by atoms with Crippen LogP contribution in [0, 0.1) is 0 Å². The van der Waals surface area contributed by atoms with E-state index in [9.17, 15) is 29.1 Å². The molecule has 0 saturated carbocycles. The van der Waals surface area contributed by atoms with Gasteiger partial charge in [-0.25, -0.2) is 4.79 Å². The van der Waals surface area contributed by atoms with E-state index < -0.39 is 48.7 Å². The fourth-order valence-electron chi connectivity index (χ4n) is 4.98. The molecule has 12 heteroatoms. The summed E-state index contributed by atoms with van der Waals surface area (Å²) in [6.07, 6.45) is 3.23. The maximum atomic E-state index is 13.4. The summed E-state index contributed by atoms with van der Waals surface area (Å²) >= 11 is 0. The number of rotatable bonds is 7. The molecule has 3 heterocycles. The van der Waals surface area contributed by atoms with Gasteiger partial charge in [0.1, 0.15) is 24.2 Å². The van der Waals surface area contributed by atoms with E-state index in [-0.39, 0.29) is 17.7 Å². The van der Waals surface area contributed by atoms with Crippen molar-refractivity contribution in [2.45, 2.75) is 75.7 Å². The first-order valence-corrected chi connectivity index (χ1v) is 11.5. The maximum Gasteiger partial charge on any atom is 0.328 e. The number of aliphatic hydroxyl groups is 1. The van der Waals surface area contributed by atoms with Crippen molar-refractivity contribution >= 4 is 29.6 Å². The van der Waals surface area contributed by atoms with E-state index in [1.807, 2.05) is 0 Å². The highest BCUT2D eigenvalue weighted by Gasteiger charge is 2.46. The Morgan fingerprint density at radius 2 is 1.33 bits per heavy atom. The van der Waals surface area contributed by atoms with Gasteiger partial charge in [0.25, 0.3) is 0 Å². The minimum Gasteiger partial charge on any atom is -0.480 e. The first-order chi connectivity index (χ1) is 15.7. The molecule has 3 fully saturated rings. The van der Waals surface area contributed by atoms with Crippen molar-refractivity contribution < 1.29 is 34.2 Å². The summed E-state index contributed by atoms with van der Waals surface area (Å²) in [7, 11) is 0. The number of carboxylic acid groups (broad SMARTS) is 1. The summed E-state index contributed by atoms with van der Waals surface area (Å²) in [5, 5.41) is 20.5. The smallest absolute Gasteiger partial charge is 0.328 e. The summed E-state index contributed by atoms with van der Waals surface area (Å²) < 4.78 is 0. The number of carboxylic acids is 1. The maximum absolute atomic E-state index is 13.4. The molecule has 0 unspecified atom stereocenters. The van der Waals surface area contributed by atoms with Crippen LogP contribution < -0.4 is 11.1 Å². The molecule has 3 saturated heterocycles. The van der Waals surface area contributed by atoms with Crippen LogP contribution in [0.4, 0.5) is 0 Å². The van der Waals surface area contributed by atoms with E-state index in [2.05, 4.69) is 5.32 Å². The van der Waals surface area contributed by atoms with Gasteiger partial charge in [-0.1, -0.05) is 0 Å². The molecule has 12 nitrogen and oxygen atoms in total. The van der Waals surface area contributed by atoms with Crippen molar-refractivity contribution in [3.63, 3.8) is 0 Å². The second kappa shape index (κ2) is 10.5. The number of nitrogens with zero attached hydrogens (tertiary/aromatic N) is 3. The van der Waals surface area contributed by atoms with E-state index in [1.165, 1.54) is 14.7 Å². The van der Waals surface area contributed by atoms with Gasteiger partial charge in [-0.2, -0.15) is 0 Å². The minimum absolute atomic E-state index is 0.274. The van der Waals surface area contributed by atoms with Gasteiger partial charge in [-0.15, -0.1) is 0 Å². The molecule has 0 aliphatic carbocycles. The Balaban J connectivity index is 1.71. The molecule has 4 amide bonds. The molecule has 3 aliphatic rings. The van der Waals surface area contributed by atoms with Crippen LogP contribution in [0.5, 0.6) is 0 Å². The molecule has 0 bridgehead atoms. The molecule has 5 atom stereocenters. The average molecular weight is 468 g/mol. The Labute approximate surface area is 192 Å². The van der Waals surface area contributed by atoms with Crippen LogP contribution in [0.2, 0.25) is 0 Å². The number of likely N-dealkylation sites (tertiary alicyclic amines) is 3. The highest BCUT2D eigenvalue weighted by molar-refractivity contribution is 5.96. The standard InChI is InChI=1S/C21H33N5O7/c1-12(22)18(29)25-9-3-6-15(25)20(31)26-10-4-7-16(26)19(30)24-8-2-5-14(24)17(28)23-13(11-27)21(32)33/h12-16,27H,2-11,22H2,1H3,(H,23,28)(H,32,33)/t12-,13-,14-,15-,16-/m0/s1. The number of amides is 4. The number of carbonyl (C=O) groups is 5. The number of hydrogen-bond donors (Lipinski definition) is 4. The third-order valence-corrected chi connectivity index (χ3v) is 6.67. The van der Waals surface area contributed by atoms with Gasteiger partial charge in [0.05, 0.1) is 12.6 Å². The van der Waals surface area contributed by atoms with Gasteiger partial charge >= 0.3 is 5.97 Å². The lowest BCUT2D eigenvalue weighted by Crippen LogP contribution is -2.57. The molecule has 0 radical (unpaired) electrons. The largest absolute Gasteiger partial charge is 0.480 e. The fraction of sp³-hybridized carbons (Fsp3) is 0.762. The minimum atomic E-state index is -1.45. The molecule has 5 N–H and O–H groups in total. The molecule has 3 aliphatic heterocycles. The second-order valence-corrected chi connectivity index (χ2v) is 8.94. The first kappa shape index (κ1) is 24.9. The fourth-order valence-corrected chi connectivity index (χ4v) is 4.98. The van der Waals surface area contributed by atoms with Gasteiger partial charge in [-0.05, 0) is 45.4 Å². The zero-order valence-electron chi connectivity index (χ0n) is 18.8. The Hall–Kier alpha value is -2.73. The molecule has 0 spiro atoms. The van der Waals surface area contributed by atoms with E-state index in [0.717, 1.165) is 0 Å². The van der Waals surface area contributed by atoms with E-state index in [1.54, 1.807) is 6.92 Å². The van der Waals surface area contributed by atoms with Crippen LogP contribution in [0.3, 0.4) is 0 Å². The van der Waals surface area contributed by atoms with Gasteiger partial charge in [-0.3, -0.25) is 19.2 Å². The Morgan fingerprint density at radius 1 is 0.879 bits per heavy atom. The zero-order chi connectivity index (χ0) is 24.3. The number of nitrogens with two attached hydrogens (primary N) is 1. The van der Waals surface area contributed by atoms with Crippen LogP contribution in [0.25, 0.3) is 0 Å². The van der Waals surface area contributed by atoms with Crippen molar-refractivity contribution in [3.8, 4) is 0 Å². The van der Waals surface area contributed by atoms with E-state index >= 15 is 0 Å². The topological polar surface area (TPSA) is 174 Å². The molecular formula is C21H33N5O7. The van der Waals surface area contributed by atoms with Crippen LogP contribution in [0.15, 0.2) is 0 Å². The van der Waals surface area contributed by atoms with Crippen LogP contribution >= 0.6 is 0 Å². The molecule has 184 valence electrons. The first-order valence-electron chi connectivity index (χ1n) is 11.5. The van der Waals surface area contributed by atoms with Crippen molar-refractivity contribution in [2.24, 2.45) is 5.73 Å². The monoisotopic (exact) mass is 467 g/mol. The Kier molecular flexibility index (Phi) is 7.90. The predicted octanol–water partition coefficient (Wildman–Crippen LogP) is -2.13. The second-order valence-electron chi connectivity index (χ2n) is 8.94. The number of hydrogen-bond acceptors (Lipinski definition) is 7. The number of nitrogens with one attached hydrogen (secondary N) is 1. The zero-order valence-corrected chi connectivity index (χ0v) is 18.8. The molecule has 0 aromatic heterocycles. The summed E-state index contributed by atoms with van der Waals surface area (Å²) in [5.41, 5.74) is 5.73. The Morgan fingerprint density at radius 3 is 1.82 bits per heavy atom. The molecule has 33 heavy (non-hydrogen) atoms. The normalized spacial score (nSPS) is 26.9. The molecule has 3 rings (SSSR count). The predicted molar refractivity (Wildman–Crippen MR) is 115 cm³/mol. The lowest BCUT2D eigenvalue weighted by molar-refractivity contribution is -0.151. The van der Waals surface area contributed by atoms with Crippen LogP contribution in [-0.2, 0) is 24.0 Å². The number of aliphatic carboxylic acids is 1. The van der Waals surface area contributed by atoms with Gasteiger partial charge in [0.2, 0.25) is 23.6 Å². The lowest BCUT2D eigenvalue weighted by atomic mass is 10.1. The molecule has 0 aromatic rings. The summed E-state index contributed by atoms with van der Waals surface area (Å²) in [6.45, 7) is 1.99.